The van der Waals surface area contributed by atoms with Crippen molar-refractivity contribution in [2.24, 2.45) is 5.92 Å². The topological polar surface area (TPSA) is 72.0 Å². The Morgan fingerprint density at radius 3 is 2.81 bits per heavy atom. The van der Waals surface area contributed by atoms with Gasteiger partial charge in [-0.1, -0.05) is 26.0 Å². The van der Waals surface area contributed by atoms with Crippen molar-refractivity contribution >= 4 is 17.5 Å². The van der Waals surface area contributed by atoms with E-state index in [2.05, 4.69) is 4.98 Å². The fourth-order valence-corrected chi connectivity index (χ4v) is 4.19. The smallest absolute Gasteiger partial charge is 0.268 e. The van der Waals surface area contributed by atoms with Gasteiger partial charge in [0.2, 0.25) is 5.91 Å². The Kier molecular flexibility index (Phi) is 6.74. The molecule has 0 unspecified atom stereocenters. The molecular formula is C25H31N3O4. The third-order valence-corrected chi connectivity index (χ3v) is 5.95. The van der Waals surface area contributed by atoms with Gasteiger partial charge in [0.15, 0.2) is 6.10 Å². The Morgan fingerprint density at radius 1 is 1.28 bits per heavy atom. The predicted octanol–water partition coefficient (Wildman–Crippen LogP) is 3.35. The van der Waals surface area contributed by atoms with Crippen LogP contribution in [-0.4, -0.2) is 53.6 Å². The first kappa shape index (κ1) is 22.3. The molecular weight excluding hydrogens is 406 g/mol. The van der Waals surface area contributed by atoms with Crippen LogP contribution >= 0.6 is 0 Å². The van der Waals surface area contributed by atoms with E-state index in [1.165, 1.54) is 0 Å². The maximum Gasteiger partial charge on any atom is 0.268 e. The number of carbonyl (C=O) groups is 2. The van der Waals surface area contributed by atoms with Gasteiger partial charge in [0, 0.05) is 19.3 Å². The van der Waals surface area contributed by atoms with E-state index < -0.39 is 6.10 Å². The summed E-state index contributed by atoms with van der Waals surface area (Å²) >= 11 is 0. The highest BCUT2D eigenvalue weighted by Gasteiger charge is 2.38. The highest BCUT2D eigenvalue weighted by molar-refractivity contribution is 6.04. The number of rotatable bonds is 7. The quantitative estimate of drug-likeness (QED) is 0.664. The number of amides is 2. The maximum absolute atomic E-state index is 13.5. The van der Waals surface area contributed by atoms with Crippen molar-refractivity contribution in [1.29, 1.82) is 0 Å². The molecule has 2 atom stereocenters. The largest absolute Gasteiger partial charge is 0.478 e. The van der Waals surface area contributed by atoms with Gasteiger partial charge in [0.25, 0.3) is 5.91 Å². The monoisotopic (exact) mass is 437 g/mol. The van der Waals surface area contributed by atoms with Crippen LogP contribution in [0.1, 0.15) is 37.9 Å². The third kappa shape index (κ3) is 4.93. The van der Waals surface area contributed by atoms with E-state index in [1.54, 1.807) is 16.0 Å². The van der Waals surface area contributed by atoms with Crippen LogP contribution in [0.4, 0.5) is 5.69 Å². The molecule has 1 aromatic carbocycles. The fraction of sp³-hybridized carbons (Fsp3) is 0.480. The zero-order valence-corrected chi connectivity index (χ0v) is 19.0. The summed E-state index contributed by atoms with van der Waals surface area (Å²) < 4.78 is 11.8. The summed E-state index contributed by atoms with van der Waals surface area (Å²) in [5, 5.41) is 0. The highest BCUT2D eigenvalue weighted by Crippen LogP contribution is 2.36. The first-order valence-corrected chi connectivity index (χ1v) is 11.3. The van der Waals surface area contributed by atoms with Crippen molar-refractivity contribution in [2.45, 2.75) is 52.4 Å². The normalized spacial score (nSPS) is 20.2. The van der Waals surface area contributed by atoms with E-state index >= 15 is 0 Å². The summed E-state index contributed by atoms with van der Waals surface area (Å²) in [6.07, 6.45) is 3.06. The van der Waals surface area contributed by atoms with E-state index in [0.29, 0.717) is 24.5 Å². The molecule has 0 saturated carbocycles. The van der Waals surface area contributed by atoms with E-state index in [-0.39, 0.29) is 30.4 Å². The van der Waals surface area contributed by atoms with Crippen LogP contribution < -0.4 is 9.64 Å². The molecule has 2 aromatic rings. The van der Waals surface area contributed by atoms with Gasteiger partial charge in [0.1, 0.15) is 12.3 Å². The van der Waals surface area contributed by atoms with Crippen molar-refractivity contribution in [3.05, 3.63) is 53.9 Å². The van der Waals surface area contributed by atoms with Crippen LogP contribution in [0, 0.1) is 12.8 Å². The molecule has 0 N–H and O–H groups in total. The van der Waals surface area contributed by atoms with Crippen molar-refractivity contribution in [2.75, 3.05) is 24.6 Å². The molecule has 0 bridgehead atoms. The Balaban J connectivity index is 1.59. The van der Waals surface area contributed by atoms with Crippen LogP contribution in [0.3, 0.4) is 0 Å². The Morgan fingerprint density at radius 2 is 2.12 bits per heavy atom. The van der Waals surface area contributed by atoms with Crippen molar-refractivity contribution in [3.63, 3.8) is 0 Å². The summed E-state index contributed by atoms with van der Waals surface area (Å²) in [5.41, 5.74) is 2.46. The second kappa shape index (κ2) is 9.69. The van der Waals surface area contributed by atoms with Crippen molar-refractivity contribution < 1.29 is 19.1 Å². The van der Waals surface area contributed by atoms with Crippen LogP contribution in [0.5, 0.6) is 5.75 Å². The van der Waals surface area contributed by atoms with Gasteiger partial charge in [0.05, 0.1) is 24.0 Å². The predicted molar refractivity (Wildman–Crippen MR) is 121 cm³/mol. The summed E-state index contributed by atoms with van der Waals surface area (Å²) in [6.45, 7) is 7.42. The fourth-order valence-electron chi connectivity index (χ4n) is 4.19. The van der Waals surface area contributed by atoms with Crippen LogP contribution in [0.2, 0.25) is 0 Å². The van der Waals surface area contributed by atoms with Crippen LogP contribution in [0.15, 0.2) is 42.6 Å². The third-order valence-electron chi connectivity index (χ3n) is 5.95. The Hall–Kier alpha value is -2.93. The number of fused-ring (bicyclic) bond motifs is 1. The highest BCUT2D eigenvalue weighted by atomic mass is 16.5. The van der Waals surface area contributed by atoms with Gasteiger partial charge in [-0.25, -0.2) is 0 Å². The van der Waals surface area contributed by atoms with Gasteiger partial charge < -0.3 is 14.4 Å². The molecule has 32 heavy (non-hydrogen) atoms. The minimum atomic E-state index is -0.611. The zero-order valence-electron chi connectivity index (χ0n) is 19.0. The molecule has 3 heterocycles. The van der Waals surface area contributed by atoms with Crippen molar-refractivity contribution in [1.82, 2.24) is 9.88 Å². The lowest BCUT2D eigenvalue weighted by atomic mass is 10.0. The molecule has 7 heteroatoms. The number of aryl methyl sites for hydroxylation is 1. The number of hydrogen-bond donors (Lipinski definition) is 0. The number of nitrogens with zero attached hydrogens (tertiary/aromatic N) is 3. The molecule has 2 aliphatic rings. The van der Waals surface area contributed by atoms with E-state index in [9.17, 15) is 9.59 Å². The average Bonchev–Trinajstić information content (AvgIpc) is 3.29. The standard InChI is InChI=1S/C25H31N3O4/c1-17(2)24-25(30)28(21-13-18(3)9-10-22(21)32-24)16-23(29)27(15-20-8-6-12-31-20)14-19-7-4-5-11-26-19/h4-5,7,9-11,13,17,20,24H,6,8,12,14-16H2,1-3H3/t20-,24+/m0/s1. The lowest BCUT2D eigenvalue weighted by Gasteiger charge is -2.37. The molecule has 0 spiro atoms. The molecule has 4 rings (SSSR count). The van der Waals surface area contributed by atoms with Gasteiger partial charge >= 0.3 is 0 Å². The first-order chi connectivity index (χ1) is 15.4. The van der Waals surface area contributed by atoms with Gasteiger partial charge in [-0.05, 0) is 55.5 Å². The molecule has 1 fully saturated rings. The number of ether oxygens (including phenoxy) is 2. The van der Waals surface area contributed by atoms with E-state index in [4.69, 9.17) is 9.47 Å². The molecule has 0 aliphatic carbocycles. The van der Waals surface area contributed by atoms with Gasteiger partial charge in [-0.15, -0.1) is 0 Å². The minimum absolute atomic E-state index is 0.00827. The second-order valence-corrected chi connectivity index (χ2v) is 8.91. The average molecular weight is 438 g/mol. The summed E-state index contributed by atoms with van der Waals surface area (Å²) in [7, 11) is 0. The SMILES string of the molecule is Cc1ccc2c(c1)N(CC(=O)N(Cc1ccccn1)C[C@@H]1CCCO1)C(=O)[C@@H](C(C)C)O2. The van der Waals surface area contributed by atoms with E-state index in [0.717, 1.165) is 30.7 Å². The maximum atomic E-state index is 13.5. The van der Waals surface area contributed by atoms with Crippen molar-refractivity contribution in [3.8, 4) is 5.75 Å². The lowest BCUT2D eigenvalue weighted by molar-refractivity contribution is -0.135. The molecule has 7 nitrogen and oxygen atoms in total. The number of hydrogen-bond acceptors (Lipinski definition) is 5. The second-order valence-electron chi connectivity index (χ2n) is 8.91. The van der Waals surface area contributed by atoms with Gasteiger partial charge in [-0.3, -0.25) is 19.5 Å². The summed E-state index contributed by atoms with van der Waals surface area (Å²) in [4.78, 5) is 34.6. The zero-order chi connectivity index (χ0) is 22.7. The molecule has 1 aromatic heterocycles. The molecule has 170 valence electrons. The van der Waals surface area contributed by atoms with Crippen LogP contribution in [0.25, 0.3) is 0 Å². The Labute approximate surface area is 189 Å². The summed E-state index contributed by atoms with van der Waals surface area (Å²) in [5.74, 6) is 0.320. The molecule has 0 radical (unpaired) electrons. The van der Waals surface area contributed by atoms with Crippen LogP contribution in [-0.2, 0) is 20.9 Å². The first-order valence-electron chi connectivity index (χ1n) is 11.3. The molecule has 2 aliphatic heterocycles. The number of aromatic nitrogens is 1. The number of anilines is 1. The van der Waals surface area contributed by atoms with Gasteiger partial charge in [-0.2, -0.15) is 0 Å². The minimum Gasteiger partial charge on any atom is -0.478 e. The molecule has 1 saturated heterocycles. The number of carbonyl (C=O) groups excluding carboxylic acids is 2. The summed E-state index contributed by atoms with van der Waals surface area (Å²) in [6, 6.07) is 11.4. The lowest BCUT2D eigenvalue weighted by Crippen LogP contribution is -2.52. The number of pyridine rings is 1. The Bertz CT molecular complexity index is 957. The van der Waals surface area contributed by atoms with E-state index in [1.807, 2.05) is 57.2 Å². The number of benzene rings is 1. The molecule has 2 amide bonds.